The van der Waals surface area contributed by atoms with Crippen LogP contribution in [0.1, 0.15) is 23.5 Å². The monoisotopic (exact) mass is 361 g/mol. The maximum atomic E-state index is 14.1. The van der Waals surface area contributed by atoms with Gasteiger partial charge in [-0.25, -0.2) is 13.2 Å². The number of hydrogen-bond donors (Lipinski definition) is 2. The van der Waals surface area contributed by atoms with Crippen molar-refractivity contribution in [2.75, 3.05) is 19.6 Å². The maximum absolute atomic E-state index is 14.1. The third kappa shape index (κ3) is 3.49. The number of rotatable bonds is 4. The summed E-state index contributed by atoms with van der Waals surface area (Å²) in [6.07, 6.45) is 1.02. The van der Waals surface area contributed by atoms with Crippen molar-refractivity contribution >= 4 is 0 Å². The largest absolute Gasteiger partial charge is 0.298 e. The molecular formula is C20H22F3N3. The minimum Gasteiger partial charge on any atom is -0.298 e. The minimum absolute atomic E-state index is 0.227. The zero-order valence-electron chi connectivity index (χ0n) is 14.4. The first-order valence-electron chi connectivity index (χ1n) is 9.01. The van der Waals surface area contributed by atoms with E-state index < -0.39 is 11.6 Å². The highest BCUT2D eigenvalue weighted by atomic mass is 19.2. The first kappa shape index (κ1) is 17.5. The Morgan fingerprint density at radius 1 is 1.00 bits per heavy atom. The van der Waals surface area contributed by atoms with Crippen LogP contribution in [0.15, 0.2) is 42.5 Å². The van der Waals surface area contributed by atoms with Gasteiger partial charge in [-0.1, -0.05) is 24.3 Å². The molecule has 2 aromatic rings. The van der Waals surface area contributed by atoms with E-state index in [0.29, 0.717) is 24.1 Å². The topological polar surface area (TPSA) is 27.3 Å². The van der Waals surface area contributed by atoms with E-state index >= 15 is 0 Å². The van der Waals surface area contributed by atoms with Gasteiger partial charge in [-0.05, 0) is 36.1 Å². The number of nitrogens with zero attached hydrogens (tertiary/aromatic N) is 1. The van der Waals surface area contributed by atoms with E-state index in [0.717, 1.165) is 37.7 Å². The molecule has 0 saturated carbocycles. The summed E-state index contributed by atoms with van der Waals surface area (Å²) < 4.78 is 40.9. The van der Waals surface area contributed by atoms with Crippen molar-refractivity contribution in [2.45, 2.75) is 24.9 Å². The molecule has 3 atom stereocenters. The summed E-state index contributed by atoms with van der Waals surface area (Å²) in [5.41, 5.74) is 7.97. The molecule has 0 bridgehead atoms. The fraction of sp³-hybridized carbons (Fsp3) is 0.400. The van der Waals surface area contributed by atoms with Crippen molar-refractivity contribution in [3.05, 3.63) is 71.0 Å². The Morgan fingerprint density at radius 3 is 2.54 bits per heavy atom. The van der Waals surface area contributed by atoms with Crippen LogP contribution in [0.3, 0.4) is 0 Å². The number of hydrogen-bond acceptors (Lipinski definition) is 3. The molecule has 2 aliphatic heterocycles. The Bertz CT molecular complexity index is 759. The summed E-state index contributed by atoms with van der Waals surface area (Å²) in [6, 6.07) is 11.3. The average Bonchev–Trinajstić information content (AvgIpc) is 3.29. The fourth-order valence-electron chi connectivity index (χ4n) is 4.25. The smallest absolute Gasteiger partial charge is 0.163 e. The average molecular weight is 361 g/mol. The molecule has 0 aromatic heterocycles. The van der Waals surface area contributed by atoms with Crippen LogP contribution in [0.5, 0.6) is 0 Å². The molecule has 2 saturated heterocycles. The van der Waals surface area contributed by atoms with Crippen LogP contribution in [0.25, 0.3) is 0 Å². The van der Waals surface area contributed by atoms with Gasteiger partial charge >= 0.3 is 0 Å². The normalized spacial score (nSPS) is 26.5. The van der Waals surface area contributed by atoms with Gasteiger partial charge in [-0.2, -0.15) is 0 Å². The van der Waals surface area contributed by atoms with Crippen molar-refractivity contribution < 1.29 is 13.2 Å². The lowest BCUT2D eigenvalue weighted by atomic mass is 9.83. The van der Waals surface area contributed by atoms with Gasteiger partial charge in [-0.15, -0.1) is 0 Å². The molecule has 4 rings (SSSR count). The molecular weight excluding hydrogens is 339 g/mol. The molecule has 2 aromatic carbocycles. The first-order valence-corrected chi connectivity index (χ1v) is 9.01. The lowest BCUT2D eigenvalue weighted by molar-refractivity contribution is 0.291. The number of nitrogens with one attached hydrogen (secondary N) is 2. The van der Waals surface area contributed by atoms with Gasteiger partial charge in [0.25, 0.3) is 0 Å². The van der Waals surface area contributed by atoms with E-state index in [1.165, 1.54) is 12.1 Å². The molecule has 6 heteroatoms. The second-order valence-corrected chi connectivity index (χ2v) is 7.20. The van der Waals surface area contributed by atoms with Gasteiger partial charge < -0.3 is 0 Å². The molecule has 2 N–H and O–H groups in total. The van der Waals surface area contributed by atoms with Gasteiger partial charge in [0, 0.05) is 43.7 Å². The number of halogens is 3. The lowest BCUT2D eigenvalue weighted by Crippen LogP contribution is -2.38. The standard InChI is InChI=1S/C20H22F3N3/c21-15-6-4-13(5-7-15)16-11-26(12-17(16)19-8-9-24-25-19)10-14-2-1-3-18(22)20(14)23/h1-7,16-17,19,24-25H,8-12H2/t16-,17+,19?/m0/s1. The van der Waals surface area contributed by atoms with E-state index in [1.807, 2.05) is 12.1 Å². The van der Waals surface area contributed by atoms with Crippen LogP contribution in [-0.2, 0) is 6.54 Å². The highest BCUT2D eigenvalue weighted by Crippen LogP contribution is 2.37. The van der Waals surface area contributed by atoms with Crippen molar-refractivity contribution in [3.63, 3.8) is 0 Å². The Hall–Kier alpha value is -1.89. The number of hydrazine groups is 1. The third-order valence-corrected chi connectivity index (χ3v) is 5.55. The summed E-state index contributed by atoms with van der Waals surface area (Å²) in [6.45, 7) is 2.82. The predicted octanol–water partition coefficient (Wildman–Crippen LogP) is 3.19. The number of benzene rings is 2. The van der Waals surface area contributed by atoms with Crippen LogP contribution < -0.4 is 10.9 Å². The lowest BCUT2D eigenvalue weighted by Gasteiger charge is -2.24. The van der Waals surface area contributed by atoms with E-state index in [1.54, 1.807) is 12.1 Å². The van der Waals surface area contributed by atoms with Crippen LogP contribution in [0.2, 0.25) is 0 Å². The van der Waals surface area contributed by atoms with Crippen LogP contribution in [0.4, 0.5) is 13.2 Å². The molecule has 0 spiro atoms. The van der Waals surface area contributed by atoms with Crippen molar-refractivity contribution in [3.8, 4) is 0 Å². The maximum Gasteiger partial charge on any atom is 0.163 e. The SMILES string of the molecule is Fc1ccc([C@@H]2CN(Cc3cccc(F)c3F)C[C@H]2C2CCNN2)cc1. The fourth-order valence-corrected chi connectivity index (χ4v) is 4.25. The van der Waals surface area contributed by atoms with E-state index in [4.69, 9.17) is 0 Å². The second kappa shape index (κ2) is 7.39. The van der Waals surface area contributed by atoms with Crippen LogP contribution in [0, 0.1) is 23.4 Å². The predicted molar refractivity (Wildman–Crippen MR) is 93.8 cm³/mol. The van der Waals surface area contributed by atoms with E-state index in [2.05, 4.69) is 15.8 Å². The molecule has 2 heterocycles. The zero-order valence-corrected chi connectivity index (χ0v) is 14.4. The Balaban J connectivity index is 1.56. The Morgan fingerprint density at radius 2 is 1.81 bits per heavy atom. The third-order valence-electron chi connectivity index (χ3n) is 5.55. The molecule has 2 aliphatic rings. The van der Waals surface area contributed by atoms with Gasteiger partial charge in [0.2, 0.25) is 0 Å². The first-order chi connectivity index (χ1) is 12.6. The minimum atomic E-state index is -0.810. The van der Waals surface area contributed by atoms with E-state index in [-0.39, 0.29) is 11.7 Å². The highest BCUT2D eigenvalue weighted by molar-refractivity contribution is 5.25. The molecule has 0 radical (unpaired) electrons. The quantitative estimate of drug-likeness (QED) is 0.876. The molecule has 26 heavy (non-hydrogen) atoms. The van der Waals surface area contributed by atoms with Crippen molar-refractivity contribution in [2.24, 2.45) is 5.92 Å². The van der Waals surface area contributed by atoms with Gasteiger partial charge in [0.1, 0.15) is 5.82 Å². The van der Waals surface area contributed by atoms with Gasteiger partial charge in [0.15, 0.2) is 11.6 Å². The summed E-state index contributed by atoms with van der Waals surface area (Å²) in [5, 5.41) is 0. The van der Waals surface area contributed by atoms with Gasteiger partial charge in [-0.3, -0.25) is 15.8 Å². The summed E-state index contributed by atoms with van der Waals surface area (Å²) in [5.74, 6) is -1.27. The van der Waals surface area contributed by atoms with Crippen LogP contribution >= 0.6 is 0 Å². The van der Waals surface area contributed by atoms with Crippen molar-refractivity contribution in [1.82, 2.24) is 15.8 Å². The Kier molecular flexibility index (Phi) is 4.98. The molecule has 0 aliphatic carbocycles. The summed E-state index contributed by atoms with van der Waals surface area (Å²) in [7, 11) is 0. The molecule has 3 nitrogen and oxygen atoms in total. The zero-order chi connectivity index (χ0) is 18.1. The second-order valence-electron chi connectivity index (χ2n) is 7.20. The van der Waals surface area contributed by atoms with E-state index in [9.17, 15) is 13.2 Å². The van der Waals surface area contributed by atoms with Crippen LogP contribution in [-0.4, -0.2) is 30.6 Å². The molecule has 1 unspecified atom stereocenters. The van der Waals surface area contributed by atoms with Gasteiger partial charge in [0.05, 0.1) is 0 Å². The summed E-state index contributed by atoms with van der Waals surface area (Å²) in [4.78, 5) is 2.16. The molecule has 0 amide bonds. The Labute approximate surface area is 151 Å². The summed E-state index contributed by atoms with van der Waals surface area (Å²) >= 11 is 0. The highest BCUT2D eigenvalue weighted by Gasteiger charge is 2.39. The molecule has 138 valence electrons. The number of likely N-dealkylation sites (tertiary alicyclic amines) is 1. The van der Waals surface area contributed by atoms with Crippen molar-refractivity contribution in [1.29, 1.82) is 0 Å². The molecule has 2 fully saturated rings.